The average Bonchev–Trinajstić information content (AvgIpc) is 2.76. The fourth-order valence-corrected chi connectivity index (χ4v) is 2.49. The predicted octanol–water partition coefficient (Wildman–Crippen LogP) is 2.50. The molecule has 1 aromatic carbocycles. The first kappa shape index (κ1) is 12.7. The maximum absolute atomic E-state index is 11.9. The normalized spacial score (nSPS) is 12.9. The average molecular weight is 272 g/mol. The Balaban J connectivity index is 2.13. The van der Waals surface area contributed by atoms with E-state index in [0.29, 0.717) is 25.3 Å². The van der Waals surface area contributed by atoms with E-state index < -0.39 is 0 Å². The summed E-state index contributed by atoms with van der Waals surface area (Å²) >= 11 is 0. The zero-order chi connectivity index (χ0) is 14.1. The largest absolute Gasteiger partial charge is 0.492 e. The topological polar surface area (TPSA) is 64.2 Å². The van der Waals surface area contributed by atoms with Gasteiger partial charge in [0.05, 0.1) is 18.9 Å². The number of fused-ring (bicyclic) bond motifs is 3. The molecule has 1 aliphatic heterocycles. The van der Waals surface area contributed by atoms with Crippen LogP contribution in [0.2, 0.25) is 0 Å². The van der Waals surface area contributed by atoms with Crippen LogP contribution in [0, 0.1) is 6.92 Å². The van der Waals surface area contributed by atoms with Crippen molar-refractivity contribution in [1.82, 2.24) is 10.2 Å². The van der Waals surface area contributed by atoms with Crippen LogP contribution in [0.1, 0.15) is 28.5 Å². The highest BCUT2D eigenvalue weighted by molar-refractivity contribution is 5.92. The van der Waals surface area contributed by atoms with Gasteiger partial charge in [-0.2, -0.15) is 5.10 Å². The number of H-pyrrole nitrogens is 1. The van der Waals surface area contributed by atoms with Gasteiger partial charge in [-0.25, -0.2) is 4.79 Å². The Labute approximate surface area is 116 Å². The van der Waals surface area contributed by atoms with E-state index in [0.717, 1.165) is 28.1 Å². The second-order valence-electron chi connectivity index (χ2n) is 4.70. The van der Waals surface area contributed by atoms with Gasteiger partial charge in [0.1, 0.15) is 11.4 Å². The Morgan fingerprint density at radius 1 is 1.50 bits per heavy atom. The molecule has 1 aliphatic rings. The molecule has 0 radical (unpaired) electrons. The van der Waals surface area contributed by atoms with E-state index in [2.05, 4.69) is 10.2 Å². The van der Waals surface area contributed by atoms with Crippen molar-refractivity contribution < 1.29 is 14.3 Å². The molecule has 0 saturated carbocycles. The number of aromatic amines is 1. The highest BCUT2D eigenvalue weighted by Crippen LogP contribution is 2.37. The van der Waals surface area contributed by atoms with Crippen LogP contribution in [0.3, 0.4) is 0 Å². The molecular weight excluding hydrogens is 256 g/mol. The summed E-state index contributed by atoms with van der Waals surface area (Å²) in [6.45, 7) is 4.66. The Hall–Kier alpha value is -2.30. The lowest BCUT2D eigenvalue weighted by molar-refractivity contribution is 0.0518. The predicted molar refractivity (Wildman–Crippen MR) is 73.9 cm³/mol. The summed E-state index contributed by atoms with van der Waals surface area (Å²) in [5.41, 5.74) is 4.07. The standard InChI is InChI=1S/C15H16N2O3/c1-3-19-15(18)13-10-7-8-20-14-9(2)5-4-6-11(14)12(10)16-17-13/h4-6H,3,7-8H2,1-2H3,(H,16,17). The molecule has 5 heteroatoms. The third kappa shape index (κ3) is 1.95. The summed E-state index contributed by atoms with van der Waals surface area (Å²) in [6.07, 6.45) is 0.633. The fraction of sp³-hybridized carbons (Fsp3) is 0.333. The van der Waals surface area contributed by atoms with Gasteiger partial charge in [-0.3, -0.25) is 5.10 Å². The molecule has 0 saturated heterocycles. The molecule has 0 aliphatic carbocycles. The van der Waals surface area contributed by atoms with Crippen LogP contribution in [0.15, 0.2) is 18.2 Å². The van der Waals surface area contributed by atoms with Gasteiger partial charge in [0.2, 0.25) is 0 Å². The first-order chi connectivity index (χ1) is 9.72. The van der Waals surface area contributed by atoms with Gasteiger partial charge in [0, 0.05) is 17.5 Å². The van der Waals surface area contributed by atoms with Crippen molar-refractivity contribution in [2.24, 2.45) is 0 Å². The lowest BCUT2D eigenvalue weighted by atomic mass is 10.0. The summed E-state index contributed by atoms with van der Waals surface area (Å²) in [6, 6.07) is 5.93. The van der Waals surface area contributed by atoms with Crippen molar-refractivity contribution in [3.63, 3.8) is 0 Å². The lowest BCUT2D eigenvalue weighted by Crippen LogP contribution is -2.09. The summed E-state index contributed by atoms with van der Waals surface area (Å²) in [7, 11) is 0. The second kappa shape index (κ2) is 5.00. The number of nitrogens with one attached hydrogen (secondary N) is 1. The van der Waals surface area contributed by atoms with E-state index in [4.69, 9.17) is 9.47 Å². The Morgan fingerprint density at radius 2 is 2.35 bits per heavy atom. The van der Waals surface area contributed by atoms with Crippen molar-refractivity contribution in [2.45, 2.75) is 20.3 Å². The van der Waals surface area contributed by atoms with Crippen molar-refractivity contribution >= 4 is 5.97 Å². The third-order valence-electron chi connectivity index (χ3n) is 3.41. The molecule has 0 amide bonds. The van der Waals surface area contributed by atoms with Crippen LogP contribution in [-0.2, 0) is 11.2 Å². The third-order valence-corrected chi connectivity index (χ3v) is 3.41. The first-order valence-electron chi connectivity index (χ1n) is 6.69. The van der Waals surface area contributed by atoms with Gasteiger partial charge in [-0.1, -0.05) is 12.1 Å². The van der Waals surface area contributed by atoms with Gasteiger partial charge in [0.25, 0.3) is 0 Å². The van der Waals surface area contributed by atoms with Crippen molar-refractivity contribution in [1.29, 1.82) is 0 Å². The molecule has 0 atom stereocenters. The molecule has 0 fully saturated rings. The molecule has 1 N–H and O–H groups in total. The van der Waals surface area contributed by atoms with Gasteiger partial charge >= 0.3 is 5.97 Å². The Bertz CT molecular complexity index is 661. The van der Waals surface area contributed by atoms with Crippen molar-refractivity contribution in [3.8, 4) is 17.0 Å². The van der Waals surface area contributed by atoms with E-state index in [-0.39, 0.29) is 5.97 Å². The van der Waals surface area contributed by atoms with Crippen LogP contribution >= 0.6 is 0 Å². The van der Waals surface area contributed by atoms with Crippen molar-refractivity contribution in [2.75, 3.05) is 13.2 Å². The highest BCUT2D eigenvalue weighted by atomic mass is 16.5. The van der Waals surface area contributed by atoms with Crippen LogP contribution in [-0.4, -0.2) is 29.4 Å². The van der Waals surface area contributed by atoms with Crippen LogP contribution in [0.5, 0.6) is 5.75 Å². The minimum absolute atomic E-state index is 0.346. The number of ether oxygens (including phenoxy) is 2. The molecule has 1 aromatic heterocycles. The van der Waals surface area contributed by atoms with Gasteiger partial charge in [-0.15, -0.1) is 0 Å². The van der Waals surface area contributed by atoms with Crippen LogP contribution < -0.4 is 4.74 Å². The number of aromatic nitrogens is 2. The van der Waals surface area contributed by atoms with E-state index in [1.165, 1.54) is 0 Å². The second-order valence-corrected chi connectivity index (χ2v) is 4.70. The Morgan fingerprint density at radius 3 is 3.15 bits per heavy atom. The maximum atomic E-state index is 11.9. The number of rotatable bonds is 2. The minimum Gasteiger partial charge on any atom is -0.492 e. The number of hydrogen-bond donors (Lipinski definition) is 1. The molecule has 0 spiro atoms. The van der Waals surface area contributed by atoms with E-state index in [1.807, 2.05) is 25.1 Å². The summed E-state index contributed by atoms with van der Waals surface area (Å²) in [5, 5.41) is 7.11. The van der Waals surface area contributed by atoms with Gasteiger partial charge in [-0.05, 0) is 25.5 Å². The van der Waals surface area contributed by atoms with Gasteiger partial charge < -0.3 is 9.47 Å². The lowest BCUT2D eigenvalue weighted by Gasteiger charge is -2.09. The molecule has 2 heterocycles. The first-order valence-corrected chi connectivity index (χ1v) is 6.69. The van der Waals surface area contributed by atoms with Crippen molar-refractivity contribution in [3.05, 3.63) is 35.0 Å². The van der Waals surface area contributed by atoms with Gasteiger partial charge in [0.15, 0.2) is 0 Å². The molecule has 0 bridgehead atoms. The number of nitrogens with zero attached hydrogens (tertiary/aromatic N) is 1. The van der Waals surface area contributed by atoms with E-state index in [9.17, 15) is 4.79 Å². The molecule has 104 valence electrons. The molecule has 20 heavy (non-hydrogen) atoms. The number of esters is 1. The highest BCUT2D eigenvalue weighted by Gasteiger charge is 2.25. The number of carbonyl (C=O) groups excluding carboxylic acids is 1. The number of para-hydroxylation sites is 1. The zero-order valence-electron chi connectivity index (χ0n) is 11.5. The number of hydrogen-bond acceptors (Lipinski definition) is 4. The number of aryl methyl sites for hydroxylation is 1. The van der Waals surface area contributed by atoms with Crippen LogP contribution in [0.25, 0.3) is 11.3 Å². The Kier molecular flexibility index (Phi) is 3.18. The quantitative estimate of drug-likeness (QED) is 0.853. The summed E-state index contributed by atoms with van der Waals surface area (Å²) in [4.78, 5) is 11.9. The zero-order valence-corrected chi connectivity index (χ0v) is 11.5. The molecular formula is C15H16N2O3. The van der Waals surface area contributed by atoms with Crippen LogP contribution in [0.4, 0.5) is 0 Å². The summed E-state index contributed by atoms with van der Waals surface area (Å²) < 4.78 is 10.9. The molecule has 3 rings (SSSR count). The molecule has 5 nitrogen and oxygen atoms in total. The maximum Gasteiger partial charge on any atom is 0.356 e. The summed E-state index contributed by atoms with van der Waals surface area (Å²) in [5.74, 6) is 0.477. The fourth-order valence-electron chi connectivity index (χ4n) is 2.49. The molecule has 0 unspecified atom stereocenters. The number of carbonyl (C=O) groups is 1. The number of benzene rings is 1. The SMILES string of the molecule is CCOC(=O)c1[nH]nc2c1CCOc1c(C)cccc1-2. The van der Waals surface area contributed by atoms with E-state index in [1.54, 1.807) is 6.92 Å². The molecule has 2 aromatic rings. The van der Waals surface area contributed by atoms with E-state index >= 15 is 0 Å². The minimum atomic E-state index is -0.364. The smallest absolute Gasteiger partial charge is 0.356 e. The monoisotopic (exact) mass is 272 g/mol.